The fourth-order valence-electron chi connectivity index (χ4n) is 2.47. The van der Waals surface area contributed by atoms with Crippen LogP contribution in [0.4, 0.5) is 11.4 Å². The molecule has 1 unspecified atom stereocenters. The van der Waals surface area contributed by atoms with Gasteiger partial charge in [-0.25, -0.2) is 0 Å². The molecule has 1 aliphatic heterocycles. The van der Waals surface area contributed by atoms with E-state index in [1.807, 2.05) is 30.0 Å². The SMILES string of the molecule is O=[N+]([O-])c1cc(Br)ccc1NC1CSCc2ccccc21. The van der Waals surface area contributed by atoms with E-state index in [0.29, 0.717) is 10.2 Å². The number of hydrogen-bond acceptors (Lipinski definition) is 4. The fourth-order valence-corrected chi connectivity index (χ4v) is 3.92. The lowest BCUT2D eigenvalue weighted by atomic mass is 10.0. The third-order valence-corrected chi connectivity index (χ3v) is 5.04. The van der Waals surface area contributed by atoms with Crippen molar-refractivity contribution < 1.29 is 4.92 Å². The van der Waals surface area contributed by atoms with Crippen LogP contribution in [0.15, 0.2) is 46.9 Å². The maximum Gasteiger partial charge on any atom is 0.293 e. The van der Waals surface area contributed by atoms with Crippen molar-refractivity contribution in [2.75, 3.05) is 11.1 Å². The van der Waals surface area contributed by atoms with E-state index in [2.05, 4.69) is 33.4 Å². The van der Waals surface area contributed by atoms with E-state index in [4.69, 9.17) is 0 Å². The summed E-state index contributed by atoms with van der Waals surface area (Å²) >= 11 is 5.12. The quantitative estimate of drug-likeness (QED) is 0.630. The minimum absolute atomic E-state index is 0.0948. The summed E-state index contributed by atoms with van der Waals surface area (Å²) < 4.78 is 0.707. The van der Waals surface area contributed by atoms with E-state index >= 15 is 0 Å². The first-order chi connectivity index (χ1) is 10.1. The predicted molar refractivity (Wildman–Crippen MR) is 89.8 cm³/mol. The summed E-state index contributed by atoms with van der Waals surface area (Å²) in [5, 5.41) is 14.5. The van der Waals surface area contributed by atoms with Gasteiger partial charge in [0.1, 0.15) is 5.69 Å². The van der Waals surface area contributed by atoms with Crippen molar-refractivity contribution >= 4 is 39.1 Å². The second-order valence-corrected chi connectivity index (χ2v) is 6.78. The van der Waals surface area contributed by atoms with Crippen LogP contribution in [0.5, 0.6) is 0 Å². The standard InChI is InChI=1S/C15H13BrN2O2S/c16-11-5-6-13(15(7-11)18(19)20)17-14-9-21-8-10-3-1-2-4-12(10)14/h1-7,14,17H,8-9H2. The Morgan fingerprint density at radius 1 is 1.29 bits per heavy atom. The number of hydrogen-bond donors (Lipinski definition) is 1. The highest BCUT2D eigenvalue weighted by atomic mass is 79.9. The van der Waals surface area contributed by atoms with E-state index in [-0.39, 0.29) is 16.7 Å². The molecule has 108 valence electrons. The van der Waals surface area contributed by atoms with Gasteiger partial charge in [-0.05, 0) is 23.3 Å². The fraction of sp³-hybridized carbons (Fsp3) is 0.200. The molecule has 2 aromatic carbocycles. The van der Waals surface area contributed by atoms with Gasteiger partial charge in [-0.2, -0.15) is 11.8 Å². The van der Waals surface area contributed by atoms with Gasteiger partial charge in [-0.1, -0.05) is 40.2 Å². The number of rotatable bonds is 3. The highest BCUT2D eigenvalue weighted by molar-refractivity contribution is 9.10. The molecule has 1 N–H and O–H groups in total. The second kappa shape index (κ2) is 6.07. The zero-order valence-electron chi connectivity index (χ0n) is 11.1. The van der Waals surface area contributed by atoms with Crippen molar-refractivity contribution in [1.82, 2.24) is 0 Å². The summed E-state index contributed by atoms with van der Waals surface area (Å²) in [6, 6.07) is 13.5. The van der Waals surface area contributed by atoms with Gasteiger partial charge in [-0.3, -0.25) is 10.1 Å². The number of benzene rings is 2. The normalized spacial score (nSPS) is 17.1. The first-order valence-corrected chi connectivity index (χ1v) is 8.46. The van der Waals surface area contributed by atoms with E-state index in [9.17, 15) is 10.1 Å². The van der Waals surface area contributed by atoms with Crippen molar-refractivity contribution in [1.29, 1.82) is 0 Å². The van der Waals surface area contributed by atoms with Crippen LogP contribution in [0.25, 0.3) is 0 Å². The van der Waals surface area contributed by atoms with Crippen molar-refractivity contribution in [3.63, 3.8) is 0 Å². The highest BCUT2D eigenvalue weighted by Crippen LogP contribution is 2.36. The van der Waals surface area contributed by atoms with Crippen molar-refractivity contribution in [3.05, 3.63) is 68.2 Å². The molecule has 0 fully saturated rings. The van der Waals surface area contributed by atoms with Crippen LogP contribution < -0.4 is 5.32 Å². The molecule has 0 spiro atoms. The van der Waals surface area contributed by atoms with Gasteiger partial charge in [-0.15, -0.1) is 0 Å². The predicted octanol–water partition coefficient (Wildman–Crippen LogP) is 4.76. The smallest absolute Gasteiger partial charge is 0.293 e. The first kappa shape index (κ1) is 14.4. The van der Waals surface area contributed by atoms with Crippen LogP contribution >= 0.6 is 27.7 Å². The van der Waals surface area contributed by atoms with Gasteiger partial charge in [0.05, 0.1) is 11.0 Å². The first-order valence-electron chi connectivity index (χ1n) is 6.51. The van der Waals surface area contributed by atoms with Crippen LogP contribution in [-0.4, -0.2) is 10.7 Å². The summed E-state index contributed by atoms with van der Waals surface area (Å²) in [4.78, 5) is 10.8. The van der Waals surface area contributed by atoms with E-state index < -0.39 is 0 Å². The number of anilines is 1. The van der Waals surface area contributed by atoms with Crippen molar-refractivity contribution in [2.45, 2.75) is 11.8 Å². The summed E-state index contributed by atoms with van der Waals surface area (Å²) in [5.41, 5.74) is 3.18. The summed E-state index contributed by atoms with van der Waals surface area (Å²) in [6.45, 7) is 0. The van der Waals surface area contributed by atoms with Crippen LogP contribution in [-0.2, 0) is 5.75 Å². The summed E-state index contributed by atoms with van der Waals surface area (Å²) in [7, 11) is 0. The molecule has 0 amide bonds. The number of nitrogens with zero attached hydrogens (tertiary/aromatic N) is 1. The maximum absolute atomic E-state index is 11.2. The molecular weight excluding hydrogens is 352 g/mol. The molecule has 0 saturated carbocycles. The molecule has 4 nitrogen and oxygen atoms in total. The number of nitro groups is 1. The highest BCUT2D eigenvalue weighted by Gasteiger charge is 2.23. The van der Waals surface area contributed by atoms with Gasteiger partial charge >= 0.3 is 0 Å². The Labute approximate surface area is 135 Å². The largest absolute Gasteiger partial charge is 0.372 e. The lowest BCUT2D eigenvalue weighted by Crippen LogP contribution is -2.19. The Morgan fingerprint density at radius 3 is 2.90 bits per heavy atom. The Hall–Kier alpha value is -1.53. The van der Waals surface area contributed by atoms with Crippen LogP contribution in [0.1, 0.15) is 17.2 Å². The minimum Gasteiger partial charge on any atom is -0.372 e. The van der Waals surface area contributed by atoms with E-state index in [0.717, 1.165) is 11.5 Å². The molecule has 0 radical (unpaired) electrons. The molecule has 3 rings (SSSR count). The molecule has 0 aromatic heterocycles. The van der Waals surface area contributed by atoms with Crippen molar-refractivity contribution in [3.8, 4) is 0 Å². The van der Waals surface area contributed by atoms with Gasteiger partial charge in [0, 0.05) is 22.0 Å². The molecule has 6 heteroatoms. The number of thioether (sulfide) groups is 1. The van der Waals surface area contributed by atoms with E-state index in [1.165, 1.54) is 17.2 Å². The Kier molecular flexibility index (Phi) is 4.17. The summed E-state index contributed by atoms with van der Waals surface area (Å²) in [6.07, 6.45) is 0. The lowest BCUT2D eigenvalue weighted by Gasteiger charge is -2.26. The number of halogens is 1. The van der Waals surface area contributed by atoms with Crippen LogP contribution in [0.3, 0.4) is 0 Å². The van der Waals surface area contributed by atoms with E-state index in [1.54, 1.807) is 6.07 Å². The number of nitro benzene ring substituents is 1. The average molecular weight is 365 g/mol. The molecule has 2 aromatic rings. The van der Waals surface area contributed by atoms with Crippen LogP contribution in [0, 0.1) is 10.1 Å². The molecular formula is C15H13BrN2O2S. The van der Waals surface area contributed by atoms with Gasteiger partial charge < -0.3 is 5.32 Å². The molecule has 1 atom stereocenters. The maximum atomic E-state index is 11.2. The molecule has 0 aliphatic carbocycles. The summed E-state index contributed by atoms with van der Waals surface area (Å²) in [5.74, 6) is 1.90. The zero-order valence-corrected chi connectivity index (χ0v) is 13.5. The van der Waals surface area contributed by atoms with Gasteiger partial charge in [0.2, 0.25) is 0 Å². The zero-order chi connectivity index (χ0) is 14.8. The Bertz CT molecular complexity index is 693. The topological polar surface area (TPSA) is 55.2 Å². The third kappa shape index (κ3) is 3.06. The molecule has 21 heavy (non-hydrogen) atoms. The molecule has 0 bridgehead atoms. The molecule has 1 aliphatic rings. The third-order valence-electron chi connectivity index (χ3n) is 3.46. The second-order valence-electron chi connectivity index (χ2n) is 4.83. The Balaban J connectivity index is 1.93. The monoisotopic (exact) mass is 364 g/mol. The van der Waals surface area contributed by atoms with Gasteiger partial charge in [0.15, 0.2) is 0 Å². The number of fused-ring (bicyclic) bond motifs is 1. The average Bonchev–Trinajstić information content (AvgIpc) is 2.49. The van der Waals surface area contributed by atoms with Gasteiger partial charge in [0.25, 0.3) is 5.69 Å². The van der Waals surface area contributed by atoms with Crippen molar-refractivity contribution in [2.24, 2.45) is 0 Å². The molecule has 1 heterocycles. The molecule has 0 saturated heterocycles. The Morgan fingerprint density at radius 2 is 2.10 bits per heavy atom. The number of nitrogens with one attached hydrogen (secondary N) is 1. The lowest BCUT2D eigenvalue weighted by molar-refractivity contribution is -0.384. The van der Waals surface area contributed by atoms with Crippen LogP contribution in [0.2, 0.25) is 0 Å². The minimum atomic E-state index is -0.352.